The SMILES string of the molecule is C[C@H](NC(=O)c1ccc(N2CCCCC2=O)cc1)c1cccs1. The summed E-state index contributed by atoms with van der Waals surface area (Å²) in [6, 6.07) is 11.3. The van der Waals surface area contributed by atoms with E-state index in [0.717, 1.165) is 30.0 Å². The molecule has 1 aromatic heterocycles. The molecule has 1 aliphatic rings. The fraction of sp³-hybridized carbons (Fsp3) is 0.333. The summed E-state index contributed by atoms with van der Waals surface area (Å²) in [7, 11) is 0. The Kier molecular flexibility index (Phi) is 4.76. The number of anilines is 1. The van der Waals surface area contributed by atoms with Gasteiger partial charge in [0.1, 0.15) is 0 Å². The molecule has 0 aliphatic carbocycles. The van der Waals surface area contributed by atoms with Gasteiger partial charge in [0.25, 0.3) is 5.91 Å². The van der Waals surface area contributed by atoms with Crippen LogP contribution in [0.3, 0.4) is 0 Å². The van der Waals surface area contributed by atoms with E-state index >= 15 is 0 Å². The van der Waals surface area contributed by atoms with Crippen molar-refractivity contribution in [2.24, 2.45) is 0 Å². The number of thiophene rings is 1. The molecule has 1 aliphatic heterocycles. The minimum Gasteiger partial charge on any atom is -0.345 e. The largest absolute Gasteiger partial charge is 0.345 e. The molecule has 2 amide bonds. The first kappa shape index (κ1) is 15.7. The van der Waals surface area contributed by atoms with Gasteiger partial charge in [0.2, 0.25) is 5.91 Å². The van der Waals surface area contributed by atoms with Crippen molar-refractivity contribution in [2.45, 2.75) is 32.2 Å². The van der Waals surface area contributed by atoms with Gasteiger partial charge in [-0.25, -0.2) is 0 Å². The van der Waals surface area contributed by atoms with E-state index in [2.05, 4.69) is 5.32 Å². The number of carbonyl (C=O) groups is 2. The number of hydrogen-bond donors (Lipinski definition) is 1. The molecule has 1 aromatic carbocycles. The highest BCUT2D eigenvalue weighted by Crippen LogP contribution is 2.22. The summed E-state index contributed by atoms with van der Waals surface area (Å²) in [6.45, 7) is 2.74. The van der Waals surface area contributed by atoms with E-state index in [0.29, 0.717) is 12.0 Å². The number of hydrogen-bond acceptors (Lipinski definition) is 3. The average Bonchev–Trinajstić information content (AvgIpc) is 3.10. The van der Waals surface area contributed by atoms with E-state index in [-0.39, 0.29) is 17.9 Å². The summed E-state index contributed by atoms with van der Waals surface area (Å²) < 4.78 is 0. The van der Waals surface area contributed by atoms with Crippen LogP contribution in [0.15, 0.2) is 41.8 Å². The molecule has 1 saturated heterocycles. The highest BCUT2D eigenvalue weighted by atomic mass is 32.1. The number of carbonyl (C=O) groups excluding carboxylic acids is 2. The summed E-state index contributed by atoms with van der Waals surface area (Å²) in [5.41, 5.74) is 1.49. The van der Waals surface area contributed by atoms with Gasteiger partial charge < -0.3 is 10.2 Å². The molecule has 2 aromatic rings. The van der Waals surface area contributed by atoms with Crippen molar-refractivity contribution >= 4 is 28.8 Å². The van der Waals surface area contributed by atoms with Crippen molar-refractivity contribution in [3.05, 3.63) is 52.2 Å². The second-order valence-corrected chi connectivity index (χ2v) is 6.74. The Bertz CT molecular complexity index is 680. The van der Waals surface area contributed by atoms with Crippen LogP contribution in [0.2, 0.25) is 0 Å². The van der Waals surface area contributed by atoms with Crippen LogP contribution in [0.5, 0.6) is 0 Å². The van der Waals surface area contributed by atoms with E-state index in [1.807, 2.05) is 36.6 Å². The predicted molar refractivity (Wildman–Crippen MR) is 92.8 cm³/mol. The minimum atomic E-state index is -0.0950. The zero-order valence-corrected chi connectivity index (χ0v) is 13.9. The molecule has 4 nitrogen and oxygen atoms in total. The van der Waals surface area contributed by atoms with Gasteiger partial charge in [0.15, 0.2) is 0 Å². The second kappa shape index (κ2) is 6.96. The summed E-state index contributed by atoms with van der Waals surface area (Å²) >= 11 is 1.63. The van der Waals surface area contributed by atoms with Crippen LogP contribution in [-0.2, 0) is 4.79 Å². The van der Waals surface area contributed by atoms with Crippen molar-refractivity contribution < 1.29 is 9.59 Å². The molecule has 120 valence electrons. The third-order valence-electron chi connectivity index (χ3n) is 4.08. The van der Waals surface area contributed by atoms with Crippen molar-refractivity contribution in [3.63, 3.8) is 0 Å². The van der Waals surface area contributed by atoms with Crippen molar-refractivity contribution in [3.8, 4) is 0 Å². The molecule has 3 rings (SSSR count). The molecule has 2 heterocycles. The van der Waals surface area contributed by atoms with Crippen molar-refractivity contribution in [1.82, 2.24) is 5.32 Å². The Morgan fingerprint density at radius 3 is 2.65 bits per heavy atom. The number of nitrogens with zero attached hydrogens (tertiary/aromatic N) is 1. The van der Waals surface area contributed by atoms with Gasteiger partial charge in [-0.15, -0.1) is 11.3 Å². The van der Waals surface area contributed by atoms with Gasteiger partial charge in [-0.05, 0) is 55.5 Å². The van der Waals surface area contributed by atoms with E-state index in [9.17, 15) is 9.59 Å². The maximum atomic E-state index is 12.3. The molecular formula is C18H20N2O2S. The molecule has 1 fully saturated rings. The van der Waals surface area contributed by atoms with Gasteiger partial charge in [0, 0.05) is 29.1 Å². The maximum absolute atomic E-state index is 12.3. The number of benzene rings is 1. The number of piperidine rings is 1. The normalized spacial score (nSPS) is 16.2. The number of rotatable bonds is 4. The summed E-state index contributed by atoms with van der Waals surface area (Å²) in [4.78, 5) is 27.2. The van der Waals surface area contributed by atoms with Crippen LogP contribution in [0.1, 0.15) is 47.5 Å². The summed E-state index contributed by atoms with van der Waals surface area (Å²) in [5, 5.41) is 5.00. The predicted octanol–water partition coefficient (Wildman–Crippen LogP) is 3.76. The Morgan fingerprint density at radius 1 is 1.22 bits per heavy atom. The molecule has 0 bridgehead atoms. The van der Waals surface area contributed by atoms with Crippen LogP contribution in [0.4, 0.5) is 5.69 Å². The van der Waals surface area contributed by atoms with E-state index in [1.165, 1.54) is 0 Å². The molecule has 0 saturated carbocycles. The average molecular weight is 328 g/mol. The number of nitrogens with one attached hydrogen (secondary N) is 1. The van der Waals surface area contributed by atoms with Gasteiger partial charge >= 0.3 is 0 Å². The smallest absolute Gasteiger partial charge is 0.251 e. The first-order valence-electron chi connectivity index (χ1n) is 7.90. The van der Waals surface area contributed by atoms with Crippen molar-refractivity contribution in [2.75, 3.05) is 11.4 Å². The van der Waals surface area contributed by atoms with Crippen LogP contribution in [0.25, 0.3) is 0 Å². The fourth-order valence-corrected chi connectivity index (χ4v) is 3.49. The standard InChI is InChI=1S/C18H20N2O2S/c1-13(16-5-4-12-23-16)19-18(22)14-7-9-15(10-8-14)20-11-3-2-6-17(20)21/h4-5,7-10,12-13H,2-3,6,11H2,1H3,(H,19,22)/t13-/m0/s1. The van der Waals surface area contributed by atoms with E-state index in [4.69, 9.17) is 0 Å². The highest BCUT2D eigenvalue weighted by Gasteiger charge is 2.20. The Balaban J connectivity index is 1.66. The third-order valence-corrected chi connectivity index (χ3v) is 5.14. The highest BCUT2D eigenvalue weighted by molar-refractivity contribution is 7.10. The van der Waals surface area contributed by atoms with Gasteiger partial charge in [-0.1, -0.05) is 6.07 Å². The van der Waals surface area contributed by atoms with Crippen LogP contribution < -0.4 is 10.2 Å². The van der Waals surface area contributed by atoms with Gasteiger partial charge in [0.05, 0.1) is 6.04 Å². The molecule has 0 unspecified atom stereocenters. The van der Waals surface area contributed by atoms with Crippen LogP contribution in [0, 0.1) is 0 Å². The quantitative estimate of drug-likeness (QED) is 0.929. The first-order chi connectivity index (χ1) is 11.1. The molecule has 5 heteroatoms. The second-order valence-electron chi connectivity index (χ2n) is 5.76. The van der Waals surface area contributed by atoms with Crippen LogP contribution in [-0.4, -0.2) is 18.4 Å². The lowest BCUT2D eigenvalue weighted by atomic mass is 10.1. The molecule has 0 radical (unpaired) electrons. The molecule has 1 atom stereocenters. The van der Waals surface area contributed by atoms with Gasteiger partial charge in [-0.2, -0.15) is 0 Å². The maximum Gasteiger partial charge on any atom is 0.251 e. The summed E-state index contributed by atoms with van der Waals surface area (Å²) in [6.07, 6.45) is 2.61. The minimum absolute atomic E-state index is 0.00847. The Morgan fingerprint density at radius 2 is 2.00 bits per heavy atom. The Hall–Kier alpha value is -2.14. The first-order valence-corrected chi connectivity index (χ1v) is 8.78. The lowest BCUT2D eigenvalue weighted by Crippen LogP contribution is -2.35. The third kappa shape index (κ3) is 3.62. The summed E-state index contributed by atoms with van der Waals surface area (Å²) in [5.74, 6) is 0.0715. The van der Waals surface area contributed by atoms with E-state index < -0.39 is 0 Å². The molecule has 23 heavy (non-hydrogen) atoms. The number of amides is 2. The topological polar surface area (TPSA) is 49.4 Å². The Labute approximate surface area is 140 Å². The monoisotopic (exact) mass is 328 g/mol. The lowest BCUT2D eigenvalue weighted by Gasteiger charge is -2.26. The lowest BCUT2D eigenvalue weighted by molar-refractivity contribution is -0.119. The van der Waals surface area contributed by atoms with E-state index in [1.54, 1.807) is 28.4 Å². The fourth-order valence-electron chi connectivity index (χ4n) is 2.76. The molecule has 0 spiro atoms. The zero-order chi connectivity index (χ0) is 16.2. The molecule has 1 N–H and O–H groups in total. The zero-order valence-electron chi connectivity index (χ0n) is 13.1. The van der Waals surface area contributed by atoms with Crippen molar-refractivity contribution in [1.29, 1.82) is 0 Å². The molecular weight excluding hydrogens is 308 g/mol. The van der Waals surface area contributed by atoms with Gasteiger partial charge in [-0.3, -0.25) is 9.59 Å². The van der Waals surface area contributed by atoms with Crippen LogP contribution >= 0.6 is 11.3 Å².